The van der Waals surface area contributed by atoms with E-state index in [0.717, 1.165) is 25.2 Å². The molecule has 0 atom stereocenters. The fraction of sp³-hybridized carbons (Fsp3) is 0.143. The van der Waals surface area contributed by atoms with Crippen LogP contribution in [-0.4, -0.2) is 22.9 Å². The summed E-state index contributed by atoms with van der Waals surface area (Å²) in [5.41, 5.74) is 3.96. The van der Waals surface area contributed by atoms with Gasteiger partial charge in [-0.25, -0.2) is 0 Å². The SMILES string of the molecule is N=C1C=CC(N(CC2=CC=CCC=C2)Cc2ccccc2)=CC1=N. The van der Waals surface area contributed by atoms with E-state index in [1.54, 1.807) is 12.2 Å². The average Bonchev–Trinajstić information content (AvgIpc) is 2.86. The minimum Gasteiger partial charge on any atom is -0.363 e. The zero-order valence-electron chi connectivity index (χ0n) is 13.6. The molecule has 0 radical (unpaired) electrons. The van der Waals surface area contributed by atoms with Crippen molar-refractivity contribution in [3.63, 3.8) is 0 Å². The maximum atomic E-state index is 7.93. The lowest BCUT2D eigenvalue weighted by molar-refractivity contribution is 0.379. The van der Waals surface area contributed by atoms with E-state index >= 15 is 0 Å². The van der Waals surface area contributed by atoms with Crippen LogP contribution in [0.2, 0.25) is 0 Å². The average molecular weight is 315 g/mol. The molecule has 0 unspecified atom stereocenters. The van der Waals surface area contributed by atoms with Crippen LogP contribution in [0.3, 0.4) is 0 Å². The molecule has 24 heavy (non-hydrogen) atoms. The van der Waals surface area contributed by atoms with Gasteiger partial charge < -0.3 is 4.90 Å². The van der Waals surface area contributed by atoms with Gasteiger partial charge in [-0.2, -0.15) is 0 Å². The largest absolute Gasteiger partial charge is 0.363 e. The van der Waals surface area contributed by atoms with Gasteiger partial charge >= 0.3 is 0 Å². The molecule has 2 N–H and O–H groups in total. The smallest absolute Gasteiger partial charge is 0.0809 e. The van der Waals surface area contributed by atoms with Gasteiger partial charge in [0.15, 0.2) is 0 Å². The standard InChI is InChI=1S/C21H21N3/c22-20-13-12-19(14-21(20)23)24(16-18-10-6-3-7-11-18)15-17-8-4-1-2-5-9-17/h1,3-14,22-23H,2,15-16H2. The van der Waals surface area contributed by atoms with Gasteiger partial charge in [0.1, 0.15) is 0 Å². The number of benzene rings is 1. The summed E-state index contributed by atoms with van der Waals surface area (Å²) >= 11 is 0. The van der Waals surface area contributed by atoms with Crippen LogP contribution in [0.15, 0.2) is 90.2 Å². The molecule has 0 saturated carbocycles. The fourth-order valence-electron chi connectivity index (χ4n) is 2.72. The highest BCUT2D eigenvalue weighted by molar-refractivity contribution is 6.49. The van der Waals surface area contributed by atoms with Crippen molar-refractivity contribution in [2.45, 2.75) is 13.0 Å². The van der Waals surface area contributed by atoms with Crippen LogP contribution >= 0.6 is 0 Å². The van der Waals surface area contributed by atoms with E-state index in [1.807, 2.05) is 24.3 Å². The van der Waals surface area contributed by atoms with Gasteiger partial charge in [0.05, 0.1) is 11.4 Å². The zero-order valence-corrected chi connectivity index (χ0v) is 13.6. The maximum absolute atomic E-state index is 7.93. The van der Waals surface area contributed by atoms with Crippen LogP contribution < -0.4 is 0 Å². The van der Waals surface area contributed by atoms with E-state index in [9.17, 15) is 0 Å². The Kier molecular flexibility index (Phi) is 5.02. The number of rotatable bonds is 5. The van der Waals surface area contributed by atoms with Gasteiger partial charge in [0.25, 0.3) is 0 Å². The van der Waals surface area contributed by atoms with Crippen molar-refractivity contribution in [3.8, 4) is 0 Å². The Bertz CT molecular complexity index is 777. The zero-order chi connectivity index (χ0) is 16.8. The summed E-state index contributed by atoms with van der Waals surface area (Å²) in [6.07, 6.45) is 17.1. The Morgan fingerprint density at radius 1 is 0.875 bits per heavy atom. The highest BCUT2D eigenvalue weighted by Gasteiger charge is 2.14. The summed E-state index contributed by atoms with van der Waals surface area (Å²) in [4.78, 5) is 2.25. The summed E-state index contributed by atoms with van der Waals surface area (Å²) in [7, 11) is 0. The van der Waals surface area contributed by atoms with Crippen LogP contribution in [0, 0.1) is 10.8 Å². The fourth-order valence-corrected chi connectivity index (χ4v) is 2.72. The molecule has 0 fully saturated rings. The first-order valence-corrected chi connectivity index (χ1v) is 8.11. The van der Waals surface area contributed by atoms with Gasteiger partial charge in [0.2, 0.25) is 0 Å². The monoisotopic (exact) mass is 315 g/mol. The third-order valence-corrected chi connectivity index (χ3v) is 4.01. The maximum Gasteiger partial charge on any atom is 0.0809 e. The van der Waals surface area contributed by atoms with Crippen molar-refractivity contribution in [2.75, 3.05) is 6.54 Å². The quantitative estimate of drug-likeness (QED) is 0.776. The van der Waals surface area contributed by atoms with E-state index in [1.165, 1.54) is 11.1 Å². The molecule has 2 aliphatic rings. The van der Waals surface area contributed by atoms with Crippen molar-refractivity contribution in [1.29, 1.82) is 10.8 Å². The summed E-state index contributed by atoms with van der Waals surface area (Å²) in [5, 5.41) is 15.7. The van der Waals surface area contributed by atoms with Crippen molar-refractivity contribution >= 4 is 11.4 Å². The normalized spacial score (nSPS) is 16.7. The first-order chi connectivity index (χ1) is 11.7. The molecule has 0 bridgehead atoms. The Morgan fingerprint density at radius 2 is 1.71 bits per heavy atom. The number of hydrogen-bond acceptors (Lipinski definition) is 3. The van der Waals surface area contributed by atoms with E-state index in [2.05, 4.69) is 47.4 Å². The molecular formula is C21H21N3. The molecule has 0 spiro atoms. The molecule has 2 aliphatic carbocycles. The second kappa shape index (κ2) is 7.55. The minimum atomic E-state index is 0.259. The second-order valence-corrected chi connectivity index (χ2v) is 5.88. The van der Waals surface area contributed by atoms with Gasteiger partial charge in [-0.15, -0.1) is 0 Å². The number of nitrogens with zero attached hydrogens (tertiary/aromatic N) is 1. The van der Waals surface area contributed by atoms with Crippen molar-refractivity contribution < 1.29 is 0 Å². The van der Waals surface area contributed by atoms with Crippen LogP contribution in [-0.2, 0) is 6.54 Å². The Labute approximate surface area is 143 Å². The number of allylic oxidation sites excluding steroid dienone is 7. The molecule has 0 amide bonds. The Balaban J connectivity index is 1.86. The van der Waals surface area contributed by atoms with E-state index in [4.69, 9.17) is 10.8 Å². The molecule has 0 heterocycles. The molecule has 3 nitrogen and oxygen atoms in total. The predicted molar refractivity (Wildman–Crippen MR) is 101 cm³/mol. The van der Waals surface area contributed by atoms with Gasteiger partial charge in [-0.05, 0) is 35.8 Å². The van der Waals surface area contributed by atoms with Crippen molar-refractivity contribution in [3.05, 3.63) is 95.8 Å². The van der Waals surface area contributed by atoms with Crippen molar-refractivity contribution in [1.82, 2.24) is 4.90 Å². The molecular weight excluding hydrogens is 294 g/mol. The van der Waals surface area contributed by atoms with E-state index in [-0.39, 0.29) is 11.4 Å². The first-order valence-electron chi connectivity index (χ1n) is 8.11. The molecule has 0 saturated heterocycles. The molecule has 1 aromatic carbocycles. The number of nitrogens with one attached hydrogen (secondary N) is 2. The third kappa shape index (κ3) is 4.07. The Hall–Kier alpha value is -2.94. The summed E-state index contributed by atoms with van der Waals surface area (Å²) in [6, 6.07) is 10.3. The first kappa shape index (κ1) is 15.9. The van der Waals surface area contributed by atoms with Crippen molar-refractivity contribution in [2.24, 2.45) is 0 Å². The molecule has 3 heteroatoms. The lowest BCUT2D eigenvalue weighted by Gasteiger charge is -2.28. The van der Waals surface area contributed by atoms with Crippen LogP contribution in [0.1, 0.15) is 12.0 Å². The number of hydrogen-bond donors (Lipinski definition) is 2. The minimum absolute atomic E-state index is 0.259. The molecule has 1 aromatic rings. The Morgan fingerprint density at radius 3 is 2.50 bits per heavy atom. The van der Waals surface area contributed by atoms with Gasteiger partial charge in [-0.3, -0.25) is 10.8 Å². The highest BCUT2D eigenvalue weighted by Crippen LogP contribution is 2.19. The predicted octanol–water partition coefficient (Wildman–Crippen LogP) is 4.42. The van der Waals surface area contributed by atoms with E-state index < -0.39 is 0 Å². The lowest BCUT2D eigenvalue weighted by Crippen LogP contribution is -2.27. The van der Waals surface area contributed by atoms with Gasteiger partial charge in [0, 0.05) is 18.8 Å². The van der Waals surface area contributed by atoms with Crippen LogP contribution in [0.4, 0.5) is 0 Å². The molecule has 0 aromatic heterocycles. The summed E-state index contributed by atoms with van der Waals surface area (Å²) in [5.74, 6) is 0. The molecule has 120 valence electrons. The molecule has 3 rings (SSSR count). The lowest BCUT2D eigenvalue weighted by atomic mass is 10.1. The molecule has 0 aliphatic heterocycles. The third-order valence-electron chi connectivity index (χ3n) is 4.01. The van der Waals surface area contributed by atoms with Crippen LogP contribution in [0.25, 0.3) is 0 Å². The second-order valence-electron chi connectivity index (χ2n) is 5.88. The highest BCUT2D eigenvalue weighted by atomic mass is 15.1. The van der Waals surface area contributed by atoms with E-state index in [0.29, 0.717) is 0 Å². The van der Waals surface area contributed by atoms with Gasteiger partial charge in [-0.1, -0.05) is 60.7 Å². The summed E-state index contributed by atoms with van der Waals surface area (Å²) in [6.45, 7) is 1.54. The topological polar surface area (TPSA) is 50.9 Å². The van der Waals surface area contributed by atoms with Crippen LogP contribution in [0.5, 0.6) is 0 Å². The summed E-state index contributed by atoms with van der Waals surface area (Å²) < 4.78 is 0.